The minimum atomic E-state index is -0.421. The topological polar surface area (TPSA) is 35.5 Å². The Morgan fingerprint density at radius 2 is 1.58 bits per heavy atom. The lowest BCUT2D eigenvalue weighted by Crippen LogP contribution is -2.49. The van der Waals surface area contributed by atoms with E-state index in [1.807, 2.05) is 6.92 Å². The molecule has 3 heteroatoms. The Hall–Kier alpha value is -0.120. The summed E-state index contributed by atoms with van der Waals surface area (Å²) < 4.78 is 0. The standard InChI is InChI=1S/C16H32N2O/c1-15(19)9-11-18(12-10-15)14-16(13-17-2)7-5-3-4-6-8-16/h17,19H,3-14H2,1-2H3. The zero-order valence-electron chi connectivity index (χ0n) is 12.9. The van der Waals surface area contributed by atoms with E-state index in [2.05, 4.69) is 17.3 Å². The third kappa shape index (κ3) is 4.44. The maximum atomic E-state index is 10.1. The van der Waals surface area contributed by atoms with Gasteiger partial charge in [-0.05, 0) is 45.1 Å². The van der Waals surface area contributed by atoms with Gasteiger partial charge < -0.3 is 15.3 Å². The summed E-state index contributed by atoms with van der Waals surface area (Å²) in [4.78, 5) is 2.60. The number of nitrogens with zero attached hydrogens (tertiary/aromatic N) is 1. The molecule has 2 fully saturated rings. The molecule has 2 N–H and O–H groups in total. The Kier molecular flexibility index (Phi) is 5.27. The molecule has 1 saturated carbocycles. The van der Waals surface area contributed by atoms with Crippen molar-refractivity contribution in [2.75, 3.05) is 33.2 Å². The lowest BCUT2D eigenvalue weighted by molar-refractivity contribution is -0.0175. The summed E-state index contributed by atoms with van der Waals surface area (Å²) in [5.41, 5.74) is 0.0601. The number of hydrogen-bond donors (Lipinski definition) is 2. The first kappa shape index (κ1) is 15.3. The van der Waals surface area contributed by atoms with Gasteiger partial charge in [-0.3, -0.25) is 0 Å². The predicted molar refractivity (Wildman–Crippen MR) is 80.4 cm³/mol. The summed E-state index contributed by atoms with van der Waals surface area (Å²) in [6.07, 6.45) is 10.2. The van der Waals surface area contributed by atoms with Gasteiger partial charge in [0.1, 0.15) is 0 Å². The highest BCUT2D eigenvalue weighted by molar-refractivity contribution is 4.89. The number of rotatable bonds is 4. The zero-order chi connectivity index (χ0) is 13.8. The molecule has 0 aromatic carbocycles. The summed E-state index contributed by atoms with van der Waals surface area (Å²) in [7, 11) is 2.09. The lowest BCUT2D eigenvalue weighted by atomic mass is 9.79. The molecule has 3 nitrogen and oxygen atoms in total. The van der Waals surface area contributed by atoms with Crippen LogP contribution in [0.15, 0.2) is 0 Å². The molecule has 0 aromatic rings. The Balaban J connectivity index is 1.92. The Labute approximate surface area is 118 Å². The predicted octanol–water partition coefficient (Wildman–Crippen LogP) is 2.39. The maximum absolute atomic E-state index is 10.1. The van der Waals surface area contributed by atoms with E-state index in [-0.39, 0.29) is 0 Å². The lowest BCUT2D eigenvalue weighted by Gasteiger charge is -2.42. The average Bonchev–Trinajstić information content (AvgIpc) is 2.59. The number of aliphatic hydroxyl groups is 1. The first-order chi connectivity index (χ1) is 9.05. The second kappa shape index (κ2) is 6.55. The molecule has 2 aliphatic rings. The highest BCUT2D eigenvalue weighted by atomic mass is 16.3. The van der Waals surface area contributed by atoms with Gasteiger partial charge >= 0.3 is 0 Å². The van der Waals surface area contributed by atoms with E-state index in [0.29, 0.717) is 5.41 Å². The Morgan fingerprint density at radius 1 is 1.00 bits per heavy atom. The van der Waals surface area contributed by atoms with Crippen molar-refractivity contribution in [1.82, 2.24) is 10.2 Å². The molecule has 112 valence electrons. The van der Waals surface area contributed by atoms with Gasteiger partial charge in [0.05, 0.1) is 5.60 Å². The van der Waals surface area contributed by atoms with Crippen LogP contribution in [0.3, 0.4) is 0 Å². The highest BCUT2D eigenvalue weighted by Gasteiger charge is 2.35. The minimum Gasteiger partial charge on any atom is -0.390 e. The van der Waals surface area contributed by atoms with Gasteiger partial charge in [0.25, 0.3) is 0 Å². The smallest absolute Gasteiger partial charge is 0.0644 e. The molecule has 0 radical (unpaired) electrons. The van der Waals surface area contributed by atoms with E-state index in [9.17, 15) is 5.11 Å². The second-order valence-corrected chi connectivity index (χ2v) is 7.22. The van der Waals surface area contributed by atoms with Crippen LogP contribution in [0, 0.1) is 5.41 Å². The van der Waals surface area contributed by atoms with Gasteiger partial charge in [0.15, 0.2) is 0 Å². The molecule has 0 bridgehead atoms. The third-order valence-electron chi connectivity index (χ3n) is 5.21. The van der Waals surface area contributed by atoms with Crippen LogP contribution in [-0.2, 0) is 0 Å². The second-order valence-electron chi connectivity index (χ2n) is 7.22. The molecule has 0 atom stereocenters. The van der Waals surface area contributed by atoms with E-state index in [4.69, 9.17) is 0 Å². The van der Waals surface area contributed by atoms with Crippen molar-refractivity contribution in [2.24, 2.45) is 5.41 Å². The SMILES string of the molecule is CNCC1(CN2CCC(C)(O)CC2)CCCCCC1. The fourth-order valence-corrected chi connectivity index (χ4v) is 3.91. The first-order valence-electron chi connectivity index (χ1n) is 8.15. The molecule has 0 amide bonds. The van der Waals surface area contributed by atoms with Crippen LogP contribution in [0.2, 0.25) is 0 Å². The largest absolute Gasteiger partial charge is 0.390 e. The maximum Gasteiger partial charge on any atom is 0.0644 e. The van der Waals surface area contributed by atoms with Gasteiger partial charge in [-0.15, -0.1) is 0 Å². The van der Waals surface area contributed by atoms with Gasteiger partial charge in [-0.1, -0.05) is 25.7 Å². The van der Waals surface area contributed by atoms with Gasteiger partial charge in [-0.2, -0.15) is 0 Å². The molecular formula is C16H32N2O. The molecule has 2 rings (SSSR count). The van der Waals surface area contributed by atoms with Crippen molar-refractivity contribution < 1.29 is 5.11 Å². The molecule has 19 heavy (non-hydrogen) atoms. The van der Waals surface area contributed by atoms with Crippen molar-refractivity contribution in [3.63, 3.8) is 0 Å². The van der Waals surface area contributed by atoms with Crippen molar-refractivity contribution in [3.8, 4) is 0 Å². The fraction of sp³-hybridized carbons (Fsp3) is 1.00. The number of hydrogen-bond acceptors (Lipinski definition) is 3. The molecule has 0 unspecified atom stereocenters. The number of piperidine rings is 1. The fourth-order valence-electron chi connectivity index (χ4n) is 3.91. The van der Waals surface area contributed by atoms with Crippen LogP contribution < -0.4 is 5.32 Å². The normalized spacial score (nSPS) is 27.9. The van der Waals surface area contributed by atoms with Crippen molar-refractivity contribution in [2.45, 2.75) is 63.9 Å². The van der Waals surface area contributed by atoms with Gasteiger partial charge in [-0.25, -0.2) is 0 Å². The molecule has 0 spiro atoms. The quantitative estimate of drug-likeness (QED) is 0.769. The van der Waals surface area contributed by atoms with Gasteiger partial charge in [0, 0.05) is 26.2 Å². The van der Waals surface area contributed by atoms with Crippen LogP contribution in [0.5, 0.6) is 0 Å². The summed E-state index contributed by atoms with van der Waals surface area (Å²) >= 11 is 0. The van der Waals surface area contributed by atoms with Crippen molar-refractivity contribution in [1.29, 1.82) is 0 Å². The van der Waals surface area contributed by atoms with E-state index >= 15 is 0 Å². The summed E-state index contributed by atoms with van der Waals surface area (Å²) in [6.45, 7) is 6.50. The van der Waals surface area contributed by atoms with Gasteiger partial charge in [0.2, 0.25) is 0 Å². The molecule has 1 aliphatic heterocycles. The van der Waals surface area contributed by atoms with Crippen LogP contribution in [0.4, 0.5) is 0 Å². The van der Waals surface area contributed by atoms with Crippen LogP contribution >= 0.6 is 0 Å². The van der Waals surface area contributed by atoms with Crippen molar-refractivity contribution in [3.05, 3.63) is 0 Å². The molecule has 0 aromatic heterocycles. The summed E-state index contributed by atoms with van der Waals surface area (Å²) in [6, 6.07) is 0. The van der Waals surface area contributed by atoms with E-state index in [1.165, 1.54) is 45.1 Å². The number of nitrogens with one attached hydrogen (secondary N) is 1. The monoisotopic (exact) mass is 268 g/mol. The Bertz CT molecular complexity index is 260. The summed E-state index contributed by atoms with van der Waals surface area (Å²) in [5.74, 6) is 0. The van der Waals surface area contributed by atoms with E-state index < -0.39 is 5.60 Å². The van der Waals surface area contributed by atoms with Crippen LogP contribution in [0.1, 0.15) is 58.3 Å². The van der Waals surface area contributed by atoms with Crippen LogP contribution in [0.25, 0.3) is 0 Å². The zero-order valence-corrected chi connectivity index (χ0v) is 12.9. The Morgan fingerprint density at radius 3 is 2.11 bits per heavy atom. The third-order valence-corrected chi connectivity index (χ3v) is 5.21. The minimum absolute atomic E-state index is 0.421. The van der Waals surface area contributed by atoms with E-state index in [0.717, 1.165) is 32.5 Å². The van der Waals surface area contributed by atoms with E-state index in [1.54, 1.807) is 0 Å². The molecular weight excluding hydrogens is 236 g/mol. The first-order valence-corrected chi connectivity index (χ1v) is 8.15. The summed E-state index contributed by atoms with van der Waals surface area (Å²) in [5, 5.41) is 13.5. The average molecular weight is 268 g/mol. The molecule has 1 aliphatic carbocycles. The van der Waals surface area contributed by atoms with Crippen molar-refractivity contribution >= 4 is 0 Å². The number of likely N-dealkylation sites (tertiary alicyclic amines) is 1. The van der Waals surface area contributed by atoms with Crippen LogP contribution in [-0.4, -0.2) is 48.8 Å². The molecule has 1 saturated heterocycles. The molecule has 1 heterocycles. The highest BCUT2D eigenvalue weighted by Crippen LogP contribution is 2.36.